The molecule has 7 heteroatoms. The Bertz CT molecular complexity index is 482. The molecule has 3 amide bonds. The second kappa shape index (κ2) is 7.96. The highest BCUT2D eigenvalue weighted by Gasteiger charge is 2.57. The Balaban J connectivity index is 1.79. The average Bonchev–Trinajstić information content (AvgIpc) is 2.94. The van der Waals surface area contributed by atoms with E-state index in [0.29, 0.717) is 50.3 Å². The van der Waals surface area contributed by atoms with Crippen molar-refractivity contribution in [2.45, 2.75) is 45.7 Å². The van der Waals surface area contributed by atoms with Crippen LogP contribution in [0.1, 0.15) is 33.6 Å². The Hall–Kier alpha value is -1.63. The Labute approximate surface area is 143 Å². The molecule has 0 aromatic rings. The van der Waals surface area contributed by atoms with E-state index in [-0.39, 0.29) is 23.8 Å². The summed E-state index contributed by atoms with van der Waals surface area (Å²) in [6.07, 6.45) is 1.03. The van der Waals surface area contributed by atoms with Crippen molar-refractivity contribution in [3.8, 4) is 0 Å². The number of rotatable bonds is 8. The van der Waals surface area contributed by atoms with Crippen molar-refractivity contribution in [1.82, 2.24) is 15.5 Å². The first-order valence-corrected chi connectivity index (χ1v) is 8.67. The van der Waals surface area contributed by atoms with E-state index >= 15 is 0 Å². The standard InChI is InChI=1S/C17H29N3O4/c1-10(2)7-14(18-11(3)21)17(23)19-16-12-8-20(9-13(12)16)15(22)5-6-24-4/h10,12-14,16H,5-9H2,1-4H3,(H,18,21)(H,19,23)/t12-,13+,14?,16?. The van der Waals surface area contributed by atoms with Gasteiger partial charge in [0.15, 0.2) is 0 Å². The van der Waals surface area contributed by atoms with Crippen LogP contribution in [0.25, 0.3) is 0 Å². The Morgan fingerprint density at radius 2 is 1.83 bits per heavy atom. The van der Waals surface area contributed by atoms with Gasteiger partial charge in [-0.05, 0) is 12.3 Å². The molecule has 136 valence electrons. The molecule has 1 saturated heterocycles. The van der Waals surface area contributed by atoms with Gasteiger partial charge < -0.3 is 20.3 Å². The van der Waals surface area contributed by atoms with E-state index in [0.717, 1.165) is 0 Å². The first-order valence-electron chi connectivity index (χ1n) is 8.67. The molecule has 0 spiro atoms. The molecule has 0 radical (unpaired) electrons. The van der Waals surface area contributed by atoms with Gasteiger partial charge in [0.1, 0.15) is 6.04 Å². The maximum atomic E-state index is 12.4. The molecular formula is C17H29N3O4. The Kier molecular flexibility index (Phi) is 6.21. The number of methoxy groups -OCH3 is 1. The minimum Gasteiger partial charge on any atom is -0.384 e. The third-order valence-corrected chi connectivity index (χ3v) is 4.78. The van der Waals surface area contributed by atoms with E-state index in [1.54, 1.807) is 7.11 Å². The van der Waals surface area contributed by atoms with Crippen molar-refractivity contribution in [1.29, 1.82) is 0 Å². The van der Waals surface area contributed by atoms with Crippen LogP contribution in [-0.2, 0) is 19.1 Å². The van der Waals surface area contributed by atoms with Gasteiger partial charge in [-0.3, -0.25) is 14.4 Å². The number of hydrogen-bond donors (Lipinski definition) is 2. The molecular weight excluding hydrogens is 310 g/mol. The van der Waals surface area contributed by atoms with Crippen LogP contribution >= 0.6 is 0 Å². The number of ether oxygens (including phenoxy) is 1. The first-order chi connectivity index (χ1) is 11.3. The van der Waals surface area contributed by atoms with Crippen molar-refractivity contribution in [3.05, 3.63) is 0 Å². The number of nitrogens with one attached hydrogen (secondary N) is 2. The predicted octanol–water partition coefficient (Wildman–Crippen LogP) is 0.147. The zero-order valence-electron chi connectivity index (χ0n) is 15.0. The minimum atomic E-state index is -0.483. The van der Waals surface area contributed by atoms with Gasteiger partial charge in [0.05, 0.1) is 13.0 Å². The monoisotopic (exact) mass is 339 g/mol. The summed E-state index contributed by atoms with van der Waals surface area (Å²) in [5.41, 5.74) is 0. The maximum Gasteiger partial charge on any atom is 0.242 e. The fraction of sp³-hybridized carbons (Fsp3) is 0.824. The zero-order chi connectivity index (χ0) is 17.9. The molecule has 2 aliphatic rings. The summed E-state index contributed by atoms with van der Waals surface area (Å²) < 4.78 is 4.93. The lowest BCUT2D eigenvalue weighted by molar-refractivity contribution is -0.131. The predicted molar refractivity (Wildman–Crippen MR) is 89.0 cm³/mol. The van der Waals surface area contributed by atoms with E-state index in [9.17, 15) is 14.4 Å². The second-order valence-electron chi connectivity index (χ2n) is 7.29. The number of nitrogens with zero attached hydrogens (tertiary/aromatic N) is 1. The number of amides is 3. The highest BCUT2D eigenvalue weighted by atomic mass is 16.5. The number of piperidine rings is 1. The second-order valence-corrected chi connectivity index (χ2v) is 7.29. The summed E-state index contributed by atoms with van der Waals surface area (Å²) in [7, 11) is 1.59. The van der Waals surface area contributed by atoms with Gasteiger partial charge in [0.2, 0.25) is 17.7 Å². The van der Waals surface area contributed by atoms with Crippen molar-refractivity contribution in [2.75, 3.05) is 26.8 Å². The SMILES string of the molecule is COCCC(=O)N1C[C@@H]2C(NC(=O)C(CC(C)C)NC(C)=O)[C@@H]2C1. The summed E-state index contributed by atoms with van der Waals surface area (Å²) in [6, 6.07) is -0.351. The quantitative estimate of drug-likeness (QED) is 0.659. The minimum absolute atomic E-state index is 0.115. The van der Waals surface area contributed by atoms with Gasteiger partial charge in [-0.2, -0.15) is 0 Å². The first kappa shape index (κ1) is 18.7. The van der Waals surface area contributed by atoms with E-state index in [2.05, 4.69) is 10.6 Å². The average molecular weight is 339 g/mol. The van der Waals surface area contributed by atoms with Gasteiger partial charge in [-0.1, -0.05) is 13.8 Å². The third kappa shape index (κ3) is 4.69. The molecule has 0 aromatic carbocycles. The normalized spacial score (nSPS) is 26.0. The Morgan fingerprint density at radius 1 is 1.21 bits per heavy atom. The number of carbonyl (C=O) groups is 3. The van der Waals surface area contributed by atoms with Crippen LogP contribution in [0.2, 0.25) is 0 Å². The third-order valence-electron chi connectivity index (χ3n) is 4.78. The molecule has 4 atom stereocenters. The summed E-state index contributed by atoms with van der Waals surface area (Å²) >= 11 is 0. The molecule has 1 saturated carbocycles. The number of likely N-dealkylation sites (tertiary alicyclic amines) is 1. The molecule has 1 heterocycles. The zero-order valence-corrected chi connectivity index (χ0v) is 15.0. The molecule has 2 rings (SSSR count). The van der Waals surface area contributed by atoms with Crippen LogP contribution in [0.5, 0.6) is 0 Å². The summed E-state index contributed by atoms with van der Waals surface area (Å²) in [6.45, 7) is 7.32. The van der Waals surface area contributed by atoms with E-state index in [1.807, 2.05) is 18.7 Å². The molecule has 0 aromatic heterocycles. The molecule has 2 fully saturated rings. The van der Waals surface area contributed by atoms with Crippen LogP contribution in [-0.4, -0.2) is 61.5 Å². The lowest BCUT2D eigenvalue weighted by atomic mass is 10.0. The molecule has 0 bridgehead atoms. The molecule has 2 N–H and O–H groups in total. The van der Waals surface area contributed by atoms with Crippen LogP contribution in [0.15, 0.2) is 0 Å². The summed E-state index contributed by atoms with van der Waals surface area (Å²) in [4.78, 5) is 37.5. The van der Waals surface area contributed by atoms with Crippen molar-refractivity contribution in [2.24, 2.45) is 17.8 Å². The van der Waals surface area contributed by atoms with Gasteiger partial charge in [-0.15, -0.1) is 0 Å². The van der Waals surface area contributed by atoms with Crippen molar-refractivity contribution < 1.29 is 19.1 Å². The largest absolute Gasteiger partial charge is 0.384 e. The van der Waals surface area contributed by atoms with Gasteiger partial charge in [0.25, 0.3) is 0 Å². The smallest absolute Gasteiger partial charge is 0.242 e. The molecule has 1 aliphatic carbocycles. The Morgan fingerprint density at radius 3 is 2.33 bits per heavy atom. The van der Waals surface area contributed by atoms with Gasteiger partial charge in [0, 0.05) is 45.0 Å². The highest BCUT2D eigenvalue weighted by molar-refractivity contribution is 5.87. The highest BCUT2D eigenvalue weighted by Crippen LogP contribution is 2.45. The molecule has 7 nitrogen and oxygen atoms in total. The van der Waals surface area contributed by atoms with Crippen LogP contribution in [0, 0.1) is 17.8 Å². The lowest BCUT2D eigenvalue weighted by Crippen LogP contribution is -2.48. The summed E-state index contributed by atoms with van der Waals surface area (Å²) in [5.74, 6) is 0.817. The van der Waals surface area contributed by atoms with E-state index < -0.39 is 6.04 Å². The molecule has 2 unspecified atom stereocenters. The summed E-state index contributed by atoms with van der Waals surface area (Å²) in [5, 5.41) is 5.78. The fourth-order valence-electron chi connectivity index (χ4n) is 3.50. The van der Waals surface area contributed by atoms with Crippen LogP contribution in [0.3, 0.4) is 0 Å². The molecule has 1 aliphatic heterocycles. The number of fused-ring (bicyclic) bond motifs is 1. The lowest BCUT2D eigenvalue weighted by Gasteiger charge is -2.22. The van der Waals surface area contributed by atoms with E-state index in [4.69, 9.17) is 4.74 Å². The van der Waals surface area contributed by atoms with Crippen molar-refractivity contribution in [3.63, 3.8) is 0 Å². The van der Waals surface area contributed by atoms with Crippen molar-refractivity contribution >= 4 is 17.7 Å². The van der Waals surface area contributed by atoms with Crippen LogP contribution < -0.4 is 10.6 Å². The van der Waals surface area contributed by atoms with Gasteiger partial charge in [-0.25, -0.2) is 0 Å². The topological polar surface area (TPSA) is 87.7 Å². The maximum absolute atomic E-state index is 12.4. The number of hydrogen-bond acceptors (Lipinski definition) is 4. The van der Waals surface area contributed by atoms with Gasteiger partial charge >= 0.3 is 0 Å². The fourth-order valence-corrected chi connectivity index (χ4v) is 3.50. The number of carbonyl (C=O) groups excluding carboxylic acids is 3. The van der Waals surface area contributed by atoms with Crippen LogP contribution in [0.4, 0.5) is 0 Å². The molecule has 24 heavy (non-hydrogen) atoms. The van der Waals surface area contributed by atoms with E-state index in [1.165, 1.54) is 6.92 Å².